The Balaban J connectivity index is 2.04. The van der Waals surface area contributed by atoms with Crippen LogP contribution in [0.5, 0.6) is 0 Å². The number of nitrogens with zero attached hydrogens (tertiary/aromatic N) is 1. The molecule has 0 saturated heterocycles. The quantitative estimate of drug-likeness (QED) is 0.279. The third-order valence-corrected chi connectivity index (χ3v) is 5.62. The van der Waals surface area contributed by atoms with Gasteiger partial charge < -0.3 is 15.4 Å². The molecular formula is C19H23N3O4S2. The number of nitrogens with one attached hydrogen (secondary N) is 2. The summed E-state index contributed by atoms with van der Waals surface area (Å²) in [6, 6.07) is 4.80. The van der Waals surface area contributed by atoms with Gasteiger partial charge in [-0.25, -0.2) is 4.98 Å². The molecule has 1 aromatic carbocycles. The molecule has 0 fully saturated rings. The van der Waals surface area contributed by atoms with Crippen molar-refractivity contribution in [2.45, 2.75) is 37.6 Å². The number of carbonyl (C=O) groups excluding carboxylic acids is 3. The van der Waals surface area contributed by atoms with Crippen LogP contribution in [-0.2, 0) is 19.1 Å². The molecule has 2 amide bonds. The van der Waals surface area contributed by atoms with Crippen molar-refractivity contribution in [2.75, 3.05) is 17.7 Å². The summed E-state index contributed by atoms with van der Waals surface area (Å²) in [6.07, 6.45) is 0.372. The van der Waals surface area contributed by atoms with Crippen molar-refractivity contribution in [1.82, 2.24) is 10.3 Å². The molecule has 0 aliphatic rings. The van der Waals surface area contributed by atoms with E-state index >= 15 is 0 Å². The summed E-state index contributed by atoms with van der Waals surface area (Å²) in [6.45, 7) is 8.71. The van der Waals surface area contributed by atoms with Gasteiger partial charge in [0.1, 0.15) is 12.6 Å². The lowest BCUT2D eigenvalue weighted by molar-refractivity contribution is -0.140. The Labute approximate surface area is 171 Å². The second kappa shape index (κ2) is 10.2. The van der Waals surface area contributed by atoms with E-state index in [9.17, 15) is 14.4 Å². The number of thiazole rings is 1. The molecule has 0 aliphatic carbocycles. The number of hydrogen-bond donors (Lipinski definition) is 2. The van der Waals surface area contributed by atoms with E-state index in [2.05, 4.69) is 22.2 Å². The number of anilines is 1. The standard InChI is InChI=1S/C19H23N3O4S2/c1-11(2)9-16(20-12(3)23)18(25)21-14-5-6-15-17(10-14)28-19(22-15)27-8-7-26-13(4)24/h5-6,10,16H,1,7-9H2,2-4H3,(H,20,23)(H,21,25). The molecule has 2 aromatic rings. The fourth-order valence-electron chi connectivity index (χ4n) is 2.39. The van der Waals surface area contributed by atoms with Gasteiger partial charge in [0.25, 0.3) is 0 Å². The first-order valence-corrected chi connectivity index (χ1v) is 10.4. The van der Waals surface area contributed by atoms with E-state index in [-0.39, 0.29) is 17.8 Å². The van der Waals surface area contributed by atoms with Gasteiger partial charge in [-0.15, -0.1) is 17.9 Å². The number of aromatic nitrogens is 1. The molecule has 150 valence electrons. The number of benzene rings is 1. The average Bonchev–Trinajstić information content (AvgIpc) is 2.99. The Morgan fingerprint density at radius 3 is 2.68 bits per heavy atom. The van der Waals surface area contributed by atoms with Gasteiger partial charge in [0, 0.05) is 25.3 Å². The van der Waals surface area contributed by atoms with Crippen LogP contribution in [0.25, 0.3) is 10.2 Å². The number of fused-ring (bicyclic) bond motifs is 1. The summed E-state index contributed by atoms with van der Waals surface area (Å²) in [5.74, 6) is -0.232. The van der Waals surface area contributed by atoms with Gasteiger partial charge in [0.15, 0.2) is 4.34 Å². The van der Waals surface area contributed by atoms with E-state index < -0.39 is 6.04 Å². The first-order valence-electron chi connectivity index (χ1n) is 8.63. The maximum Gasteiger partial charge on any atom is 0.302 e. The fourth-order valence-corrected chi connectivity index (χ4v) is 4.39. The molecule has 1 heterocycles. The van der Waals surface area contributed by atoms with Crippen LogP contribution in [0.1, 0.15) is 27.2 Å². The molecule has 0 aliphatic heterocycles. The van der Waals surface area contributed by atoms with E-state index in [0.717, 1.165) is 20.1 Å². The highest BCUT2D eigenvalue weighted by molar-refractivity contribution is 8.01. The third-order valence-electron chi connectivity index (χ3n) is 3.50. The minimum Gasteiger partial charge on any atom is -0.465 e. The van der Waals surface area contributed by atoms with Crippen molar-refractivity contribution in [3.63, 3.8) is 0 Å². The molecule has 1 aromatic heterocycles. The molecule has 0 spiro atoms. The van der Waals surface area contributed by atoms with E-state index in [0.29, 0.717) is 24.5 Å². The second-order valence-electron chi connectivity index (χ2n) is 6.25. The molecule has 1 atom stereocenters. The monoisotopic (exact) mass is 421 g/mol. The van der Waals surface area contributed by atoms with Gasteiger partial charge in [-0.3, -0.25) is 14.4 Å². The summed E-state index contributed by atoms with van der Waals surface area (Å²) in [5.41, 5.74) is 2.27. The van der Waals surface area contributed by atoms with Gasteiger partial charge in [-0.1, -0.05) is 17.3 Å². The van der Waals surface area contributed by atoms with E-state index in [1.807, 2.05) is 19.1 Å². The van der Waals surface area contributed by atoms with Crippen molar-refractivity contribution in [1.29, 1.82) is 0 Å². The number of hydrogen-bond acceptors (Lipinski definition) is 7. The van der Waals surface area contributed by atoms with Crippen molar-refractivity contribution in [2.24, 2.45) is 0 Å². The molecule has 1 unspecified atom stereocenters. The van der Waals surface area contributed by atoms with Crippen molar-refractivity contribution >= 4 is 56.8 Å². The molecule has 0 saturated carbocycles. The number of rotatable bonds is 9. The van der Waals surface area contributed by atoms with E-state index in [1.54, 1.807) is 6.07 Å². The Kier molecular flexibility index (Phi) is 8.01. The number of ether oxygens (including phenoxy) is 1. The first kappa shape index (κ1) is 21.9. The Bertz CT molecular complexity index is 878. The summed E-state index contributed by atoms with van der Waals surface area (Å²) in [4.78, 5) is 39.2. The van der Waals surface area contributed by atoms with Gasteiger partial charge >= 0.3 is 5.97 Å². The van der Waals surface area contributed by atoms with Crippen LogP contribution in [0.2, 0.25) is 0 Å². The second-order valence-corrected chi connectivity index (χ2v) is 8.63. The van der Waals surface area contributed by atoms with E-state index in [4.69, 9.17) is 4.74 Å². The largest absolute Gasteiger partial charge is 0.465 e. The van der Waals surface area contributed by atoms with Crippen molar-refractivity contribution in [3.05, 3.63) is 30.4 Å². The zero-order valence-corrected chi connectivity index (χ0v) is 17.7. The highest BCUT2D eigenvalue weighted by atomic mass is 32.2. The lowest BCUT2D eigenvalue weighted by Crippen LogP contribution is -2.43. The number of thioether (sulfide) groups is 1. The normalized spacial score (nSPS) is 11.7. The summed E-state index contributed by atoms with van der Waals surface area (Å²) in [7, 11) is 0. The van der Waals surface area contributed by atoms with Gasteiger partial charge in [0.2, 0.25) is 11.8 Å². The van der Waals surface area contributed by atoms with Crippen LogP contribution in [0.15, 0.2) is 34.7 Å². The molecule has 0 radical (unpaired) electrons. The van der Waals surface area contributed by atoms with Crippen LogP contribution in [0.3, 0.4) is 0 Å². The van der Waals surface area contributed by atoms with Crippen LogP contribution in [0.4, 0.5) is 5.69 Å². The topological polar surface area (TPSA) is 97.4 Å². The molecule has 28 heavy (non-hydrogen) atoms. The first-order chi connectivity index (χ1) is 13.2. The van der Waals surface area contributed by atoms with Gasteiger partial charge in [-0.05, 0) is 31.5 Å². The highest BCUT2D eigenvalue weighted by Crippen LogP contribution is 2.31. The van der Waals surface area contributed by atoms with E-state index in [1.165, 1.54) is 36.9 Å². The zero-order chi connectivity index (χ0) is 20.7. The predicted molar refractivity (Wildman–Crippen MR) is 113 cm³/mol. The van der Waals surface area contributed by atoms with Crippen molar-refractivity contribution < 1.29 is 19.1 Å². The van der Waals surface area contributed by atoms with Crippen LogP contribution < -0.4 is 10.6 Å². The predicted octanol–water partition coefficient (Wildman–Crippen LogP) is 3.36. The summed E-state index contributed by atoms with van der Waals surface area (Å²) >= 11 is 3.02. The molecule has 7 nitrogen and oxygen atoms in total. The van der Waals surface area contributed by atoms with Crippen LogP contribution in [0, 0.1) is 0 Å². The van der Waals surface area contributed by atoms with Crippen molar-refractivity contribution in [3.8, 4) is 0 Å². The van der Waals surface area contributed by atoms with Crippen LogP contribution >= 0.6 is 23.1 Å². The zero-order valence-electron chi connectivity index (χ0n) is 16.0. The maximum absolute atomic E-state index is 12.5. The molecule has 2 rings (SSSR count). The highest BCUT2D eigenvalue weighted by Gasteiger charge is 2.20. The van der Waals surface area contributed by atoms with Gasteiger partial charge in [-0.2, -0.15) is 0 Å². The number of esters is 1. The maximum atomic E-state index is 12.5. The smallest absolute Gasteiger partial charge is 0.302 e. The molecule has 9 heteroatoms. The van der Waals surface area contributed by atoms with Crippen LogP contribution in [-0.4, -0.2) is 41.2 Å². The Morgan fingerprint density at radius 1 is 1.29 bits per heavy atom. The fraction of sp³-hybridized carbons (Fsp3) is 0.368. The Morgan fingerprint density at radius 2 is 2.04 bits per heavy atom. The number of carbonyl (C=O) groups is 3. The SMILES string of the molecule is C=C(C)CC(NC(C)=O)C(=O)Nc1ccc2nc(SCCOC(C)=O)sc2c1. The molecular weight excluding hydrogens is 398 g/mol. The van der Waals surface area contributed by atoms with Gasteiger partial charge in [0.05, 0.1) is 10.2 Å². The lowest BCUT2D eigenvalue weighted by atomic mass is 10.1. The third kappa shape index (κ3) is 6.97. The minimum absolute atomic E-state index is 0.269. The Hall–Kier alpha value is -2.39. The average molecular weight is 422 g/mol. The number of amides is 2. The molecule has 0 bridgehead atoms. The summed E-state index contributed by atoms with van der Waals surface area (Å²) < 4.78 is 6.71. The minimum atomic E-state index is -0.667. The summed E-state index contributed by atoms with van der Waals surface area (Å²) in [5, 5.41) is 5.49. The lowest BCUT2D eigenvalue weighted by Gasteiger charge is -2.17. The molecule has 2 N–H and O–H groups in total.